The van der Waals surface area contributed by atoms with Gasteiger partial charge in [0.1, 0.15) is 22.4 Å². The van der Waals surface area contributed by atoms with E-state index in [0.29, 0.717) is 17.6 Å². The zero-order valence-corrected chi connectivity index (χ0v) is 19.3. The number of fused-ring (bicyclic) bond motifs is 2. The molecule has 0 aliphatic rings. The lowest BCUT2D eigenvalue weighted by atomic mass is 10.0. The number of aromatic carboxylic acids is 1. The molecule has 176 valence electrons. The fourth-order valence-electron chi connectivity index (χ4n) is 4.36. The molecule has 0 atom stereocenters. The first-order chi connectivity index (χ1) is 17.6. The Bertz CT molecular complexity index is 1720. The predicted octanol–water partition coefficient (Wildman–Crippen LogP) is 5.66. The van der Waals surface area contributed by atoms with Gasteiger partial charge < -0.3 is 14.4 Å². The van der Waals surface area contributed by atoms with E-state index in [9.17, 15) is 9.90 Å². The van der Waals surface area contributed by atoms with Gasteiger partial charge in [-0.05, 0) is 69.5 Å². The summed E-state index contributed by atoms with van der Waals surface area (Å²) in [6, 6.07) is 22.7. The number of pyridine rings is 1. The molecule has 0 amide bonds. The third-order valence-corrected chi connectivity index (χ3v) is 6.26. The Morgan fingerprint density at radius 2 is 1.67 bits per heavy atom. The van der Waals surface area contributed by atoms with Crippen molar-refractivity contribution in [1.29, 1.82) is 0 Å². The minimum absolute atomic E-state index is 0.244. The van der Waals surface area contributed by atoms with Gasteiger partial charge in [0.25, 0.3) is 0 Å². The number of methoxy groups -OCH3 is 1. The molecule has 3 aromatic carbocycles. The van der Waals surface area contributed by atoms with Crippen LogP contribution in [-0.2, 0) is 6.54 Å². The van der Waals surface area contributed by atoms with Crippen molar-refractivity contribution in [2.24, 2.45) is 0 Å². The number of carbonyl (C=O) groups is 1. The van der Waals surface area contributed by atoms with Crippen molar-refractivity contribution >= 4 is 28.0 Å². The van der Waals surface area contributed by atoms with Crippen LogP contribution >= 0.6 is 0 Å². The van der Waals surface area contributed by atoms with Crippen LogP contribution in [0.1, 0.15) is 15.9 Å². The molecule has 8 heteroatoms. The highest BCUT2D eigenvalue weighted by Crippen LogP contribution is 2.34. The van der Waals surface area contributed by atoms with Gasteiger partial charge in [0, 0.05) is 35.5 Å². The van der Waals surface area contributed by atoms with Crippen LogP contribution in [0.5, 0.6) is 5.75 Å². The number of ether oxygens (including phenoxy) is 1. The van der Waals surface area contributed by atoms with Gasteiger partial charge in [-0.15, -0.1) is 0 Å². The third-order valence-electron chi connectivity index (χ3n) is 6.26. The van der Waals surface area contributed by atoms with Gasteiger partial charge in [-0.2, -0.15) is 0 Å². The van der Waals surface area contributed by atoms with Gasteiger partial charge in [-0.1, -0.05) is 30.3 Å². The van der Waals surface area contributed by atoms with Gasteiger partial charge in [0.15, 0.2) is 0 Å². The molecule has 0 unspecified atom stereocenters. The van der Waals surface area contributed by atoms with Crippen LogP contribution < -0.4 is 4.74 Å². The van der Waals surface area contributed by atoms with Crippen LogP contribution in [-0.4, -0.2) is 38.1 Å². The summed E-state index contributed by atoms with van der Waals surface area (Å²) in [5.41, 5.74) is 7.32. The van der Waals surface area contributed by atoms with Crippen molar-refractivity contribution in [2.45, 2.75) is 6.54 Å². The van der Waals surface area contributed by atoms with Gasteiger partial charge in [0.05, 0.1) is 12.7 Å². The smallest absolute Gasteiger partial charge is 0.335 e. The average Bonchev–Trinajstić information content (AvgIpc) is 3.53. The van der Waals surface area contributed by atoms with Gasteiger partial charge in [-0.3, -0.25) is 0 Å². The molecule has 0 radical (unpaired) electrons. The van der Waals surface area contributed by atoms with E-state index in [1.807, 2.05) is 48.7 Å². The lowest BCUT2D eigenvalue weighted by Gasteiger charge is -2.07. The van der Waals surface area contributed by atoms with Crippen LogP contribution in [0, 0.1) is 0 Å². The summed E-state index contributed by atoms with van der Waals surface area (Å²) in [6.45, 7) is 0.633. The Kier molecular flexibility index (Phi) is 5.19. The zero-order chi connectivity index (χ0) is 24.6. The normalized spacial score (nSPS) is 11.2. The molecule has 6 rings (SSSR count). The second-order valence-electron chi connectivity index (χ2n) is 8.46. The lowest BCUT2D eigenvalue weighted by molar-refractivity contribution is 0.0697. The summed E-state index contributed by atoms with van der Waals surface area (Å²) in [5.74, 6) is -0.145. The molecule has 36 heavy (non-hydrogen) atoms. The summed E-state index contributed by atoms with van der Waals surface area (Å²) in [5, 5.41) is 18.1. The van der Waals surface area contributed by atoms with Crippen LogP contribution in [0.4, 0.5) is 0 Å². The molecule has 0 aliphatic heterocycles. The largest absolute Gasteiger partial charge is 0.497 e. The van der Waals surface area contributed by atoms with Crippen molar-refractivity contribution in [2.75, 3.05) is 7.11 Å². The van der Waals surface area contributed by atoms with Crippen molar-refractivity contribution in [1.82, 2.24) is 19.9 Å². The van der Waals surface area contributed by atoms with E-state index in [2.05, 4.69) is 27.1 Å². The summed E-state index contributed by atoms with van der Waals surface area (Å²) in [6.07, 6.45) is 3.91. The monoisotopic (exact) mass is 476 g/mol. The molecule has 8 nitrogen and oxygen atoms in total. The van der Waals surface area contributed by atoms with Crippen LogP contribution in [0.25, 0.3) is 44.3 Å². The first kappa shape index (κ1) is 21.5. The van der Waals surface area contributed by atoms with Crippen LogP contribution in [0.15, 0.2) is 89.8 Å². The van der Waals surface area contributed by atoms with Crippen LogP contribution in [0.2, 0.25) is 0 Å². The Labute approximate surface area is 205 Å². The summed E-state index contributed by atoms with van der Waals surface area (Å²) >= 11 is 0. The van der Waals surface area contributed by atoms with E-state index in [1.165, 1.54) is 0 Å². The third kappa shape index (κ3) is 3.84. The maximum absolute atomic E-state index is 11.2. The number of carboxylic acids is 1. The summed E-state index contributed by atoms with van der Waals surface area (Å²) < 4.78 is 12.3. The molecule has 3 heterocycles. The molecule has 1 N–H and O–H groups in total. The lowest BCUT2D eigenvalue weighted by Crippen LogP contribution is -1.99. The SMILES string of the molecule is COc1ccc(Cn2cc(-c3ccc4nonc4c3)c3cc(-c4ccc(C(=O)O)cc4)cnc32)cc1. The summed E-state index contributed by atoms with van der Waals surface area (Å²) in [7, 11) is 1.65. The van der Waals surface area contributed by atoms with Crippen molar-refractivity contribution in [3.05, 3.63) is 96.3 Å². The molecule has 3 aromatic heterocycles. The highest BCUT2D eigenvalue weighted by atomic mass is 16.6. The van der Waals surface area contributed by atoms with Gasteiger partial charge in [0.2, 0.25) is 0 Å². The maximum Gasteiger partial charge on any atom is 0.335 e. The summed E-state index contributed by atoms with van der Waals surface area (Å²) in [4.78, 5) is 16.1. The first-order valence-corrected chi connectivity index (χ1v) is 11.3. The van der Waals surface area contributed by atoms with E-state index in [4.69, 9.17) is 14.3 Å². The van der Waals surface area contributed by atoms with Gasteiger partial charge in [-0.25, -0.2) is 14.4 Å². The Hall–Kier alpha value is -4.98. The van der Waals surface area contributed by atoms with E-state index in [-0.39, 0.29) is 5.56 Å². The van der Waals surface area contributed by atoms with E-state index >= 15 is 0 Å². The van der Waals surface area contributed by atoms with Crippen molar-refractivity contribution < 1.29 is 19.3 Å². The quantitative estimate of drug-likeness (QED) is 0.331. The predicted molar refractivity (Wildman–Crippen MR) is 135 cm³/mol. The maximum atomic E-state index is 11.2. The second-order valence-corrected chi connectivity index (χ2v) is 8.46. The van der Waals surface area contributed by atoms with Crippen molar-refractivity contribution in [3.8, 4) is 28.0 Å². The second kappa shape index (κ2) is 8.66. The molecular formula is C28H20N4O4. The zero-order valence-electron chi connectivity index (χ0n) is 19.3. The Morgan fingerprint density at radius 3 is 2.42 bits per heavy atom. The fraction of sp³-hybridized carbons (Fsp3) is 0.0714. The standard InChI is InChI=1S/C28H20N4O4/c1-35-22-9-2-17(3-10-22)15-32-16-24(20-8-11-25-26(13-20)31-36-30-25)23-12-21(14-29-27(23)32)18-4-6-19(7-5-18)28(33)34/h2-14,16H,15H2,1H3,(H,33,34). The van der Waals surface area contributed by atoms with E-state index in [0.717, 1.165) is 44.6 Å². The number of nitrogens with zero attached hydrogens (tertiary/aromatic N) is 4. The van der Waals surface area contributed by atoms with E-state index in [1.54, 1.807) is 31.4 Å². The molecule has 0 bridgehead atoms. The number of hydrogen-bond donors (Lipinski definition) is 1. The van der Waals surface area contributed by atoms with Crippen molar-refractivity contribution in [3.63, 3.8) is 0 Å². The molecule has 0 aliphatic carbocycles. The molecule has 0 spiro atoms. The van der Waals surface area contributed by atoms with E-state index < -0.39 is 5.97 Å². The molecule has 6 aromatic rings. The minimum atomic E-state index is -0.953. The number of carboxylic acid groups (broad SMARTS) is 1. The first-order valence-electron chi connectivity index (χ1n) is 11.3. The number of rotatable bonds is 6. The highest BCUT2D eigenvalue weighted by Gasteiger charge is 2.15. The highest BCUT2D eigenvalue weighted by molar-refractivity contribution is 5.98. The number of benzene rings is 3. The molecule has 0 saturated carbocycles. The average molecular weight is 476 g/mol. The fourth-order valence-corrected chi connectivity index (χ4v) is 4.36. The number of aromatic nitrogens is 4. The van der Waals surface area contributed by atoms with Crippen LogP contribution in [0.3, 0.4) is 0 Å². The molecule has 0 fully saturated rings. The topological polar surface area (TPSA) is 103 Å². The Balaban J connectivity index is 1.48. The minimum Gasteiger partial charge on any atom is -0.497 e. The molecule has 0 saturated heterocycles. The number of hydrogen-bond acceptors (Lipinski definition) is 6. The van der Waals surface area contributed by atoms with Gasteiger partial charge >= 0.3 is 5.97 Å². The Morgan fingerprint density at radius 1 is 0.917 bits per heavy atom. The molecular weight excluding hydrogens is 456 g/mol.